The van der Waals surface area contributed by atoms with E-state index in [2.05, 4.69) is 0 Å². The van der Waals surface area contributed by atoms with Crippen LogP contribution in [0.25, 0.3) is 0 Å². The van der Waals surface area contributed by atoms with E-state index in [0.717, 1.165) is 17.2 Å². The number of halogens is 3. The lowest BCUT2D eigenvalue weighted by atomic mass is 10.1. The van der Waals surface area contributed by atoms with Crippen LogP contribution in [0.4, 0.5) is 13.2 Å². The van der Waals surface area contributed by atoms with Crippen LogP contribution in [0, 0.1) is 13.8 Å². The Morgan fingerprint density at radius 2 is 1.76 bits per heavy atom. The minimum absolute atomic E-state index is 0.0893. The molecule has 0 aliphatic carbocycles. The zero-order valence-corrected chi connectivity index (χ0v) is 11.7. The molecule has 2 rings (SSSR count). The van der Waals surface area contributed by atoms with Gasteiger partial charge >= 0.3 is 6.18 Å². The second-order valence-electron chi connectivity index (χ2n) is 4.85. The van der Waals surface area contributed by atoms with Gasteiger partial charge in [-0.2, -0.15) is 13.2 Å². The van der Waals surface area contributed by atoms with Gasteiger partial charge in [-0.05, 0) is 43.2 Å². The summed E-state index contributed by atoms with van der Waals surface area (Å²) in [6.07, 6.45) is -4.53. The van der Waals surface area contributed by atoms with Crippen LogP contribution in [0.3, 0.4) is 0 Å². The number of alkyl halides is 3. The smallest absolute Gasteiger partial charge is 0.416 e. The van der Waals surface area contributed by atoms with Crippen LogP contribution < -0.4 is 4.74 Å². The summed E-state index contributed by atoms with van der Waals surface area (Å²) in [5.74, 6) is 0.594. The van der Waals surface area contributed by atoms with Crippen LogP contribution in [0.1, 0.15) is 22.3 Å². The van der Waals surface area contributed by atoms with E-state index in [1.54, 1.807) is 6.07 Å². The monoisotopic (exact) mass is 296 g/mol. The Balaban J connectivity index is 2.37. The first-order valence-electron chi connectivity index (χ1n) is 6.37. The molecule has 0 saturated heterocycles. The highest BCUT2D eigenvalue weighted by molar-refractivity contribution is 5.42. The molecule has 0 saturated carbocycles. The van der Waals surface area contributed by atoms with Gasteiger partial charge < -0.3 is 9.84 Å². The van der Waals surface area contributed by atoms with Crippen molar-refractivity contribution in [3.8, 4) is 11.5 Å². The van der Waals surface area contributed by atoms with E-state index in [1.165, 1.54) is 12.1 Å². The van der Waals surface area contributed by atoms with Crippen LogP contribution in [0.2, 0.25) is 0 Å². The summed E-state index contributed by atoms with van der Waals surface area (Å²) in [6, 6.07) is 8.99. The first-order valence-corrected chi connectivity index (χ1v) is 6.37. The number of aliphatic hydroxyl groups excluding tert-OH is 1. The molecule has 1 N–H and O–H groups in total. The molecule has 0 atom stereocenters. The van der Waals surface area contributed by atoms with Gasteiger partial charge in [-0.3, -0.25) is 0 Å². The maximum atomic E-state index is 12.9. The highest BCUT2D eigenvalue weighted by Crippen LogP contribution is 2.36. The van der Waals surface area contributed by atoms with E-state index in [4.69, 9.17) is 9.84 Å². The Kier molecular flexibility index (Phi) is 4.23. The minimum Gasteiger partial charge on any atom is -0.457 e. The molecule has 0 unspecified atom stereocenters. The predicted octanol–water partition coefficient (Wildman–Crippen LogP) is 4.61. The van der Waals surface area contributed by atoms with E-state index >= 15 is 0 Å². The Hall–Kier alpha value is -2.01. The quantitative estimate of drug-likeness (QED) is 0.896. The third-order valence-electron chi connectivity index (χ3n) is 3.12. The second-order valence-corrected chi connectivity index (χ2v) is 4.85. The number of aliphatic hydroxyl groups is 1. The highest BCUT2D eigenvalue weighted by Gasteiger charge is 2.33. The fourth-order valence-electron chi connectivity index (χ4n) is 2.06. The van der Waals surface area contributed by atoms with Gasteiger partial charge in [-0.15, -0.1) is 0 Å². The van der Waals surface area contributed by atoms with Gasteiger partial charge in [-0.1, -0.05) is 23.8 Å². The predicted molar refractivity (Wildman–Crippen MR) is 73.4 cm³/mol. The average Bonchev–Trinajstić information content (AvgIpc) is 2.41. The van der Waals surface area contributed by atoms with Crippen molar-refractivity contribution in [2.24, 2.45) is 0 Å². The Bertz CT molecular complexity index is 648. The van der Waals surface area contributed by atoms with Gasteiger partial charge in [-0.25, -0.2) is 0 Å². The number of ether oxygens (including phenoxy) is 1. The maximum Gasteiger partial charge on any atom is 0.416 e. The van der Waals surface area contributed by atoms with E-state index < -0.39 is 18.3 Å². The van der Waals surface area contributed by atoms with Gasteiger partial charge in [0.2, 0.25) is 0 Å². The molecule has 0 fully saturated rings. The van der Waals surface area contributed by atoms with Crippen LogP contribution in [-0.2, 0) is 12.8 Å². The van der Waals surface area contributed by atoms with E-state index in [1.807, 2.05) is 26.0 Å². The van der Waals surface area contributed by atoms with Gasteiger partial charge in [0, 0.05) is 0 Å². The van der Waals surface area contributed by atoms with Crippen molar-refractivity contribution in [1.29, 1.82) is 0 Å². The molecule has 0 aliphatic heterocycles. The molecule has 112 valence electrons. The van der Waals surface area contributed by atoms with Crippen LogP contribution in [0.5, 0.6) is 11.5 Å². The molecule has 5 heteroatoms. The maximum absolute atomic E-state index is 12.9. The number of hydrogen-bond acceptors (Lipinski definition) is 2. The molecule has 0 spiro atoms. The fourth-order valence-corrected chi connectivity index (χ4v) is 2.06. The lowest BCUT2D eigenvalue weighted by Gasteiger charge is -2.14. The summed E-state index contributed by atoms with van der Waals surface area (Å²) in [7, 11) is 0. The van der Waals surface area contributed by atoms with Crippen molar-refractivity contribution < 1.29 is 23.0 Å². The minimum atomic E-state index is -4.53. The number of rotatable bonds is 3. The third kappa shape index (κ3) is 3.55. The van der Waals surface area contributed by atoms with Crippen LogP contribution in [0.15, 0.2) is 36.4 Å². The number of hydrogen-bond donors (Lipinski definition) is 1. The zero-order chi connectivity index (χ0) is 15.6. The van der Waals surface area contributed by atoms with Crippen molar-refractivity contribution in [3.05, 3.63) is 58.7 Å². The molecule has 0 amide bonds. The second kappa shape index (κ2) is 5.77. The molecule has 0 aliphatic rings. The summed E-state index contributed by atoms with van der Waals surface area (Å²) in [6.45, 7) is 3.09. The molecule has 0 heterocycles. The lowest BCUT2D eigenvalue weighted by molar-refractivity contribution is -0.138. The van der Waals surface area contributed by atoms with Crippen molar-refractivity contribution in [1.82, 2.24) is 0 Å². The largest absolute Gasteiger partial charge is 0.457 e. The standard InChI is InChI=1S/C16H15F3O2/c1-10-3-6-15(11(2)7-10)21-13-5-4-12(9-20)14(8-13)16(17,18)19/h3-8,20H,9H2,1-2H3. The van der Waals surface area contributed by atoms with E-state index in [0.29, 0.717) is 5.75 Å². The topological polar surface area (TPSA) is 29.5 Å². The van der Waals surface area contributed by atoms with Crippen LogP contribution >= 0.6 is 0 Å². The Labute approximate surface area is 120 Å². The zero-order valence-electron chi connectivity index (χ0n) is 11.7. The van der Waals surface area contributed by atoms with Crippen molar-refractivity contribution in [2.75, 3.05) is 0 Å². The van der Waals surface area contributed by atoms with Gasteiger partial charge in [0.25, 0.3) is 0 Å². The summed E-state index contributed by atoms with van der Waals surface area (Å²) < 4.78 is 44.3. The van der Waals surface area contributed by atoms with Crippen LogP contribution in [-0.4, -0.2) is 5.11 Å². The molecule has 0 bridgehead atoms. The summed E-state index contributed by atoms with van der Waals surface area (Å²) >= 11 is 0. The number of aryl methyl sites for hydroxylation is 2. The molecule has 2 aromatic rings. The normalized spacial score (nSPS) is 11.5. The molecule has 21 heavy (non-hydrogen) atoms. The average molecular weight is 296 g/mol. The Morgan fingerprint density at radius 3 is 2.33 bits per heavy atom. The molecular weight excluding hydrogens is 281 g/mol. The molecule has 0 aromatic heterocycles. The number of benzene rings is 2. The molecule has 0 radical (unpaired) electrons. The first kappa shape index (κ1) is 15.4. The van der Waals surface area contributed by atoms with Gasteiger partial charge in [0.1, 0.15) is 11.5 Å². The third-order valence-corrected chi connectivity index (χ3v) is 3.12. The lowest BCUT2D eigenvalue weighted by Crippen LogP contribution is -2.09. The fraction of sp³-hybridized carbons (Fsp3) is 0.250. The van der Waals surface area contributed by atoms with E-state index in [-0.39, 0.29) is 11.3 Å². The summed E-state index contributed by atoms with van der Waals surface area (Å²) in [5, 5.41) is 9.00. The first-order chi connectivity index (χ1) is 9.81. The SMILES string of the molecule is Cc1ccc(Oc2ccc(CO)c(C(F)(F)F)c2)c(C)c1. The van der Waals surface area contributed by atoms with Gasteiger partial charge in [0.05, 0.1) is 12.2 Å². The van der Waals surface area contributed by atoms with Crippen molar-refractivity contribution in [2.45, 2.75) is 26.6 Å². The summed E-state index contributed by atoms with van der Waals surface area (Å²) in [4.78, 5) is 0. The van der Waals surface area contributed by atoms with E-state index in [9.17, 15) is 13.2 Å². The van der Waals surface area contributed by atoms with Crippen molar-refractivity contribution in [3.63, 3.8) is 0 Å². The summed E-state index contributed by atoms with van der Waals surface area (Å²) in [5.41, 5.74) is 0.837. The molecular formula is C16H15F3O2. The highest BCUT2D eigenvalue weighted by atomic mass is 19.4. The van der Waals surface area contributed by atoms with Crippen molar-refractivity contribution >= 4 is 0 Å². The van der Waals surface area contributed by atoms with Gasteiger partial charge in [0.15, 0.2) is 0 Å². The molecule has 2 nitrogen and oxygen atoms in total. The molecule has 2 aromatic carbocycles. The Morgan fingerprint density at radius 1 is 1.05 bits per heavy atom.